The normalized spacial score (nSPS) is 10.5. The molecule has 0 aromatic carbocycles. The van der Waals surface area contributed by atoms with Gasteiger partial charge in [-0.15, -0.1) is 0 Å². The van der Waals surface area contributed by atoms with Crippen molar-refractivity contribution in [2.45, 2.75) is 26.9 Å². The Balaban J connectivity index is 2.16. The van der Waals surface area contributed by atoms with Crippen molar-refractivity contribution >= 4 is 17.3 Å². The van der Waals surface area contributed by atoms with Crippen molar-refractivity contribution in [3.05, 3.63) is 45.4 Å². The second-order valence-corrected chi connectivity index (χ2v) is 4.32. The van der Waals surface area contributed by atoms with E-state index >= 15 is 0 Å². The van der Waals surface area contributed by atoms with Gasteiger partial charge in [0.05, 0.1) is 24.1 Å². The molecule has 0 spiro atoms. The first kappa shape index (κ1) is 13.5. The van der Waals surface area contributed by atoms with E-state index in [0.29, 0.717) is 24.6 Å². The van der Waals surface area contributed by atoms with Gasteiger partial charge in [0.2, 0.25) is 0 Å². The van der Waals surface area contributed by atoms with Crippen LogP contribution in [0.4, 0.5) is 5.69 Å². The lowest BCUT2D eigenvalue weighted by molar-refractivity contribution is 0.616. The summed E-state index contributed by atoms with van der Waals surface area (Å²) >= 11 is 6.01. The smallest absolute Gasteiger partial charge is 0.287 e. The minimum atomic E-state index is -0.298. The molecule has 2 aromatic rings. The minimum Gasteiger partial charge on any atom is -0.377 e. The Hall–Kier alpha value is -1.95. The molecule has 0 atom stereocenters. The quantitative estimate of drug-likeness (QED) is 0.921. The molecule has 0 radical (unpaired) electrons. The highest BCUT2D eigenvalue weighted by molar-refractivity contribution is 6.32. The number of rotatable bonds is 4. The average molecular weight is 280 g/mol. The van der Waals surface area contributed by atoms with E-state index in [1.807, 2.05) is 13.8 Å². The molecular weight excluding hydrogens is 266 g/mol. The number of nitrogens with one attached hydrogen (secondary N) is 1. The summed E-state index contributed by atoms with van der Waals surface area (Å²) in [4.78, 5) is 20.1. The largest absolute Gasteiger partial charge is 0.377 e. The molecule has 7 heteroatoms. The number of hydrogen-bond acceptors (Lipinski definition) is 5. The van der Waals surface area contributed by atoms with Crippen molar-refractivity contribution in [2.75, 3.05) is 5.32 Å². The van der Waals surface area contributed by atoms with Gasteiger partial charge in [0.1, 0.15) is 10.8 Å². The van der Waals surface area contributed by atoms with Crippen molar-refractivity contribution in [1.29, 1.82) is 0 Å². The summed E-state index contributed by atoms with van der Waals surface area (Å²) in [5, 5.41) is 7.20. The van der Waals surface area contributed by atoms with E-state index in [1.165, 1.54) is 4.68 Å². The van der Waals surface area contributed by atoms with E-state index in [0.717, 1.165) is 5.69 Å². The summed E-state index contributed by atoms with van der Waals surface area (Å²) in [5.41, 5.74) is 1.03. The molecule has 0 amide bonds. The van der Waals surface area contributed by atoms with Crippen molar-refractivity contribution in [1.82, 2.24) is 19.7 Å². The fourth-order valence-corrected chi connectivity index (χ4v) is 1.82. The minimum absolute atomic E-state index is 0.141. The van der Waals surface area contributed by atoms with E-state index in [-0.39, 0.29) is 10.6 Å². The maximum Gasteiger partial charge on any atom is 0.287 e. The molecule has 0 aliphatic carbocycles. The van der Waals surface area contributed by atoms with Gasteiger partial charge >= 0.3 is 0 Å². The molecule has 100 valence electrons. The maximum absolute atomic E-state index is 11.8. The van der Waals surface area contributed by atoms with Crippen LogP contribution in [0.1, 0.15) is 18.4 Å². The topological polar surface area (TPSA) is 72.7 Å². The van der Waals surface area contributed by atoms with E-state index in [4.69, 9.17) is 11.6 Å². The van der Waals surface area contributed by atoms with Crippen LogP contribution in [0.2, 0.25) is 5.02 Å². The third-order valence-corrected chi connectivity index (χ3v) is 2.94. The molecule has 2 rings (SSSR count). The monoisotopic (exact) mass is 279 g/mol. The predicted octanol–water partition coefficient (Wildman–Crippen LogP) is 1.63. The maximum atomic E-state index is 11.8. The number of aromatic nitrogens is 4. The molecule has 19 heavy (non-hydrogen) atoms. The van der Waals surface area contributed by atoms with Gasteiger partial charge in [0.25, 0.3) is 5.56 Å². The third-order valence-electron chi connectivity index (χ3n) is 2.58. The van der Waals surface area contributed by atoms with Gasteiger partial charge in [0, 0.05) is 12.7 Å². The van der Waals surface area contributed by atoms with E-state index in [2.05, 4.69) is 20.4 Å². The Labute approximate surface area is 115 Å². The zero-order chi connectivity index (χ0) is 13.8. The Morgan fingerprint density at radius 2 is 2.26 bits per heavy atom. The Morgan fingerprint density at radius 3 is 2.95 bits per heavy atom. The van der Waals surface area contributed by atoms with Crippen LogP contribution in [0, 0.1) is 6.92 Å². The van der Waals surface area contributed by atoms with Gasteiger partial charge in [-0.25, -0.2) is 14.6 Å². The van der Waals surface area contributed by atoms with Crippen molar-refractivity contribution < 1.29 is 0 Å². The van der Waals surface area contributed by atoms with Gasteiger partial charge in [-0.1, -0.05) is 11.6 Å². The molecule has 0 saturated heterocycles. The Bertz CT molecular complexity index is 640. The number of hydrogen-bond donors (Lipinski definition) is 1. The number of aryl methyl sites for hydroxylation is 2. The highest BCUT2D eigenvalue weighted by Crippen LogP contribution is 2.15. The lowest BCUT2D eigenvalue weighted by Crippen LogP contribution is -2.23. The zero-order valence-corrected chi connectivity index (χ0v) is 11.5. The molecule has 6 nitrogen and oxygen atoms in total. The second-order valence-electron chi connectivity index (χ2n) is 3.94. The number of halogens is 1. The van der Waals surface area contributed by atoms with E-state index in [9.17, 15) is 4.79 Å². The molecule has 0 bridgehead atoms. The Morgan fingerprint density at radius 1 is 1.47 bits per heavy atom. The standard InChI is InChI=1S/C12H14ClN5O/c1-3-18-12(19)11(13)10(7-16-18)15-6-9-4-5-14-8(2)17-9/h4-5,7,15H,3,6H2,1-2H3. The number of anilines is 1. The van der Waals surface area contributed by atoms with Gasteiger partial charge in [0.15, 0.2) is 0 Å². The molecule has 0 fully saturated rings. The van der Waals surface area contributed by atoms with Crippen LogP contribution in [0.5, 0.6) is 0 Å². The fraction of sp³-hybridized carbons (Fsp3) is 0.333. The van der Waals surface area contributed by atoms with Crippen molar-refractivity contribution in [3.63, 3.8) is 0 Å². The van der Waals surface area contributed by atoms with E-state index in [1.54, 1.807) is 18.5 Å². The summed E-state index contributed by atoms with van der Waals surface area (Å²) in [6, 6.07) is 1.80. The summed E-state index contributed by atoms with van der Waals surface area (Å²) in [6.45, 7) is 4.60. The van der Waals surface area contributed by atoms with Gasteiger partial charge in [-0.05, 0) is 19.9 Å². The van der Waals surface area contributed by atoms with Crippen LogP contribution in [-0.4, -0.2) is 19.7 Å². The zero-order valence-electron chi connectivity index (χ0n) is 10.7. The molecule has 1 N–H and O–H groups in total. The van der Waals surface area contributed by atoms with Crippen LogP contribution >= 0.6 is 11.6 Å². The summed E-state index contributed by atoms with van der Waals surface area (Å²) in [5.74, 6) is 0.699. The van der Waals surface area contributed by atoms with Crippen LogP contribution in [-0.2, 0) is 13.1 Å². The SMILES string of the molecule is CCn1ncc(NCc2ccnc(C)n2)c(Cl)c1=O. The number of nitrogens with zero attached hydrogens (tertiary/aromatic N) is 4. The van der Waals surface area contributed by atoms with Crippen LogP contribution in [0.15, 0.2) is 23.3 Å². The first-order chi connectivity index (χ1) is 9.11. The molecule has 0 unspecified atom stereocenters. The summed E-state index contributed by atoms with van der Waals surface area (Å²) in [7, 11) is 0. The molecule has 0 aliphatic heterocycles. The van der Waals surface area contributed by atoms with Crippen LogP contribution < -0.4 is 10.9 Å². The first-order valence-electron chi connectivity index (χ1n) is 5.90. The van der Waals surface area contributed by atoms with Crippen molar-refractivity contribution in [3.8, 4) is 0 Å². The van der Waals surface area contributed by atoms with Crippen LogP contribution in [0.3, 0.4) is 0 Å². The van der Waals surface area contributed by atoms with E-state index < -0.39 is 0 Å². The average Bonchev–Trinajstić information content (AvgIpc) is 2.41. The second kappa shape index (κ2) is 5.79. The fourth-order valence-electron chi connectivity index (χ4n) is 1.60. The molecular formula is C12H14ClN5O. The molecule has 2 aromatic heterocycles. The molecule has 2 heterocycles. The van der Waals surface area contributed by atoms with Gasteiger partial charge in [-0.2, -0.15) is 5.10 Å². The Kier molecular flexibility index (Phi) is 4.11. The third kappa shape index (κ3) is 3.08. The molecule has 0 aliphatic rings. The highest BCUT2D eigenvalue weighted by Gasteiger charge is 2.08. The van der Waals surface area contributed by atoms with Crippen molar-refractivity contribution in [2.24, 2.45) is 0 Å². The summed E-state index contributed by atoms with van der Waals surface area (Å²) < 4.78 is 1.31. The predicted molar refractivity (Wildman–Crippen MR) is 73.3 cm³/mol. The highest BCUT2D eigenvalue weighted by atomic mass is 35.5. The van der Waals surface area contributed by atoms with Gasteiger partial charge < -0.3 is 5.32 Å². The first-order valence-corrected chi connectivity index (χ1v) is 6.27. The summed E-state index contributed by atoms with van der Waals surface area (Å²) in [6.07, 6.45) is 3.23. The molecule has 0 saturated carbocycles. The van der Waals surface area contributed by atoms with Crippen LogP contribution in [0.25, 0.3) is 0 Å². The lowest BCUT2D eigenvalue weighted by atomic mass is 10.3. The van der Waals surface area contributed by atoms with Gasteiger partial charge in [-0.3, -0.25) is 4.79 Å². The lowest BCUT2D eigenvalue weighted by Gasteiger charge is -2.09.